The number of hydrogen-bond donors (Lipinski definition) is 2. The van der Waals surface area contributed by atoms with Gasteiger partial charge in [-0.25, -0.2) is 9.50 Å². The molecule has 0 spiro atoms. The van der Waals surface area contributed by atoms with Gasteiger partial charge in [0, 0.05) is 55.5 Å². The van der Waals surface area contributed by atoms with Gasteiger partial charge in [0.2, 0.25) is 0 Å². The number of ether oxygens (including phenoxy) is 1. The molecule has 0 aromatic heterocycles. The van der Waals surface area contributed by atoms with E-state index in [0.717, 1.165) is 24.2 Å². The number of nitrogens with one attached hydrogen (secondary N) is 2. The molecule has 2 aliphatic heterocycles. The molecule has 12 heteroatoms. The SMILES string of the molecule is C[C@@H]([C@H]1Cc2cc(F)ccc2O1)N1CCNC(C2([O])CCC(Nc3ccc([N+](=O)[O-])c(C(F)(F)F)c3)CC2)C1. The van der Waals surface area contributed by atoms with Gasteiger partial charge in [0.05, 0.1) is 11.0 Å². The van der Waals surface area contributed by atoms with Crippen molar-refractivity contribution in [1.29, 1.82) is 0 Å². The quantitative estimate of drug-likeness (QED) is 0.300. The van der Waals surface area contributed by atoms with Crippen molar-refractivity contribution >= 4 is 11.4 Å². The number of nitrogens with zero attached hydrogens (tertiary/aromatic N) is 2. The van der Waals surface area contributed by atoms with Gasteiger partial charge in [0.25, 0.3) is 5.69 Å². The predicted molar refractivity (Wildman–Crippen MR) is 135 cm³/mol. The molecule has 5 rings (SSSR count). The number of rotatable bonds is 6. The van der Waals surface area contributed by atoms with Crippen LogP contribution in [0.2, 0.25) is 0 Å². The topological polar surface area (TPSA) is 99.6 Å². The fourth-order valence-electron chi connectivity index (χ4n) is 6.09. The molecule has 0 bridgehead atoms. The maximum absolute atomic E-state index is 13.9. The number of nitro groups is 1. The normalized spacial score (nSPS) is 28.4. The third-order valence-electron chi connectivity index (χ3n) is 8.38. The van der Waals surface area contributed by atoms with Crippen molar-refractivity contribution in [1.82, 2.24) is 10.2 Å². The molecule has 1 saturated heterocycles. The van der Waals surface area contributed by atoms with E-state index < -0.39 is 28.0 Å². The number of anilines is 1. The minimum absolute atomic E-state index is 0.0247. The number of piperazine rings is 1. The van der Waals surface area contributed by atoms with Gasteiger partial charge in [-0.3, -0.25) is 15.0 Å². The molecule has 3 atom stereocenters. The Morgan fingerprint density at radius 1 is 1.21 bits per heavy atom. The Labute approximate surface area is 223 Å². The lowest BCUT2D eigenvalue weighted by molar-refractivity contribution is -0.388. The molecule has 2 heterocycles. The third-order valence-corrected chi connectivity index (χ3v) is 8.38. The van der Waals surface area contributed by atoms with Crippen molar-refractivity contribution in [3.63, 3.8) is 0 Å². The van der Waals surface area contributed by atoms with E-state index in [4.69, 9.17) is 4.74 Å². The molecule has 2 fully saturated rings. The van der Waals surface area contributed by atoms with Gasteiger partial charge in [-0.15, -0.1) is 0 Å². The van der Waals surface area contributed by atoms with Crippen LogP contribution in [0.25, 0.3) is 0 Å². The van der Waals surface area contributed by atoms with Crippen LogP contribution in [0.15, 0.2) is 36.4 Å². The van der Waals surface area contributed by atoms with Gasteiger partial charge in [0.1, 0.15) is 28.8 Å². The maximum Gasteiger partial charge on any atom is 0.423 e. The average Bonchev–Trinajstić information content (AvgIpc) is 3.32. The van der Waals surface area contributed by atoms with E-state index in [-0.39, 0.29) is 35.7 Å². The molecule has 8 nitrogen and oxygen atoms in total. The lowest BCUT2D eigenvalue weighted by Crippen LogP contribution is -2.64. The molecular weight excluding hydrogens is 520 g/mol. The molecule has 1 aliphatic carbocycles. The standard InChI is InChI=1S/C27H31F4N4O4/c1-16(24-13-17-12-18(28)2-5-23(17)39-24)34-11-10-32-25(15-34)26(36)8-6-19(7-9-26)33-20-3-4-22(35(37)38)21(14-20)27(29,30)31/h2-5,12,14,16,19,24-25,32-33H,6-11,13,15H2,1H3/t16-,19?,24+,25?,26?/m0/s1. The van der Waals surface area contributed by atoms with E-state index in [1.165, 1.54) is 18.2 Å². The van der Waals surface area contributed by atoms with Crippen molar-refractivity contribution in [2.45, 2.75) is 75.0 Å². The monoisotopic (exact) mass is 551 g/mol. The molecule has 2 aromatic carbocycles. The third kappa shape index (κ3) is 5.82. The van der Waals surface area contributed by atoms with Crippen molar-refractivity contribution in [2.24, 2.45) is 0 Å². The molecule has 1 unspecified atom stereocenters. The Bertz CT molecular complexity index is 1220. The zero-order chi connectivity index (χ0) is 27.9. The van der Waals surface area contributed by atoms with Crippen LogP contribution in [-0.4, -0.2) is 59.3 Å². The number of fused-ring (bicyclic) bond motifs is 1. The van der Waals surface area contributed by atoms with Crippen molar-refractivity contribution in [2.75, 3.05) is 25.0 Å². The number of halogens is 4. The summed E-state index contributed by atoms with van der Waals surface area (Å²) >= 11 is 0. The van der Waals surface area contributed by atoms with E-state index in [0.29, 0.717) is 50.9 Å². The van der Waals surface area contributed by atoms with Crippen LogP contribution in [0.5, 0.6) is 5.75 Å². The largest absolute Gasteiger partial charge is 0.488 e. The van der Waals surface area contributed by atoms with Gasteiger partial charge in [-0.1, -0.05) is 0 Å². The molecule has 211 valence electrons. The molecule has 39 heavy (non-hydrogen) atoms. The van der Waals surface area contributed by atoms with Crippen LogP contribution >= 0.6 is 0 Å². The van der Waals surface area contributed by atoms with E-state index in [1.807, 2.05) is 0 Å². The van der Waals surface area contributed by atoms with Gasteiger partial charge in [-0.2, -0.15) is 13.2 Å². The van der Waals surface area contributed by atoms with E-state index in [9.17, 15) is 32.8 Å². The van der Waals surface area contributed by atoms with Crippen molar-refractivity contribution < 1.29 is 32.3 Å². The highest BCUT2D eigenvalue weighted by atomic mass is 19.4. The highest BCUT2D eigenvalue weighted by molar-refractivity contribution is 5.55. The first-order valence-electron chi connectivity index (χ1n) is 13.2. The van der Waals surface area contributed by atoms with Gasteiger partial charge >= 0.3 is 6.18 Å². The minimum Gasteiger partial charge on any atom is -0.488 e. The number of hydrogen-bond acceptors (Lipinski definition) is 6. The van der Waals surface area contributed by atoms with Gasteiger partial charge in [0.15, 0.2) is 0 Å². The molecule has 2 aromatic rings. The van der Waals surface area contributed by atoms with E-state index >= 15 is 0 Å². The van der Waals surface area contributed by atoms with E-state index in [1.54, 1.807) is 6.07 Å². The van der Waals surface area contributed by atoms with Crippen LogP contribution in [-0.2, 0) is 17.7 Å². The molecule has 0 amide bonds. The lowest BCUT2D eigenvalue weighted by Gasteiger charge is -2.46. The maximum atomic E-state index is 13.9. The highest BCUT2D eigenvalue weighted by Crippen LogP contribution is 2.39. The van der Waals surface area contributed by atoms with Crippen molar-refractivity contribution in [3.05, 3.63) is 63.5 Å². The molecule has 1 radical (unpaired) electrons. The first-order chi connectivity index (χ1) is 18.4. The average molecular weight is 552 g/mol. The Morgan fingerprint density at radius 2 is 1.95 bits per heavy atom. The molecular formula is C27H31F4N4O4. The number of nitro benzene ring substituents is 1. The highest BCUT2D eigenvalue weighted by Gasteiger charge is 2.45. The Balaban J connectivity index is 1.18. The smallest absolute Gasteiger partial charge is 0.423 e. The molecule has 2 N–H and O–H groups in total. The predicted octanol–water partition coefficient (Wildman–Crippen LogP) is 4.94. The molecule has 3 aliphatic rings. The summed E-state index contributed by atoms with van der Waals surface area (Å²) in [6.45, 7) is 4.01. The van der Waals surface area contributed by atoms with Gasteiger partial charge < -0.3 is 15.4 Å². The van der Waals surface area contributed by atoms with E-state index in [2.05, 4.69) is 22.5 Å². The van der Waals surface area contributed by atoms with Crippen LogP contribution < -0.4 is 15.4 Å². The lowest BCUT2D eigenvalue weighted by atomic mass is 9.76. The first kappa shape index (κ1) is 27.6. The summed E-state index contributed by atoms with van der Waals surface area (Å²) in [7, 11) is 0. The number of alkyl halides is 3. The number of benzene rings is 2. The Kier molecular flexibility index (Phi) is 7.47. The minimum atomic E-state index is -4.85. The fourth-order valence-corrected chi connectivity index (χ4v) is 6.09. The van der Waals surface area contributed by atoms with Crippen LogP contribution in [0, 0.1) is 15.9 Å². The van der Waals surface area contributed by atoms with Crippen LogP contribution in [0.3, 0.4) is 0 Å². The summed E-state index contributed by atoms with van der Waals surface area (Å²) in [6.07, 6.45) is -2.74. The fraction of sp³-hybridized carbons (Fsp3) is 0.556. The van der Waals surface area contributed by atoms with Crippen molar-refractivity contribution in [3.8, 4) is 5.75 Å². The summed E-state index contributed by atoms with van der Waals surface area (Å²) in [5.41, 5.74) is -2.53. The Morgan fingerprint density at radius 3 is 2.64 bits per heavy atom. The second kappa shape index (κ2) is 10.5. The first-order valence-corrected chi connectivity index (χ1v) is 13.2. The van der Waals surface area contributed by atoms with Gasteiger partial charge in [-0.05, 0) is 62.9 Å². The van der Waals surface area contributed by atoms with Crippen LogP contribution in [0.4, 0.5) is 28.9 Å². The summed E-state index contributed by atoms with van der Waals surface area (Å²) < 4.78 is 59.7. The zero-order valence-electron chi connectivity index (χ0n) is 21.5. The Hall–Kier alpha value is -2.96. The second-order valence-corrected chi connectivity index (χ2v) is 10.8. The zero-order valence-corrected chi connectivity index (χ0v) is 21.5. The summed E-state index contributed by atoms with van der Waals surface area (Å²) in [6, 6.07) is 6.94. The summed E-state index contributed by atoms with van der Waals surface area (Å²) in [5.74, 6) is 0.405. The summed E-state index contributed by atoms with van der Waals surface area (Å²) in [5, 5.41) is 31.3. The summed E-state index contributed by atoms with van der Waals surface area (Å²) in [4.78, 5) is 12.2. The second-order valence-electron chi connectivity index (χ2n) is 10.8. The van der Waals surface area contributed by atoms with Crippen LogP contribution in [0.1, 0.15) is 43.7 Å². The molecule has 1 saturated carbocycles.